The number of carboxylic acids is 1. The highest BCUT2D eigenvalue weighted by Gasteiger charge is 2.41. The zero-order valence-electron chi connectivity index (χ0n) is 10.3. The lowest BCUT2D eigenvalue weighted by atomic mass is 10.2. The number of ether oxygens (including phenoxy) is 1. The average Bonchev–Trinajstić information content (AvgIpc) is 2.15. The van der Waals surface area contributed by atoms with Crippen LogP contribution in [0.5, 0.6) is 0 Å². The van der Waals surface area contributed by atoms with Crippen LogP contribution in [0.25, 0.3) is 0 Å². The Labute approximate surface area is 102 Å². The van der Waals surface area contributed by atoms with Gasteiger partial charge in [-0.1, -0.05) is 0 Å². The Bertz CT molecular complexity index is 384. The second kappa shape index (κ2) is 4.91. The van der Waals surface area contributed by atoms with Crippen LogP contribution in [0.2, 0.25) is 0 Å². The molecule has 1 fully saturated rings. The van der Waals surface area contributed by atoms with Crippen LogP contribution in [-0.4, -0.2) is 54.3 Å². The summed E-state index contributed by atoms with van der Waals surface area (Å²) in [5.41, 5.74) is 0. The lowest BCUT2D eigenvalue weighted by Crippen LogP contribution is -2.54. The van der Waals surface area contributed by atoms with Crippen molar-refractivity contribution in [3.05, 3.63) is 0 Å². The molecule has 1 aliphatic heterocycles. The van der Waals surface area contributed by atoms with Gasteiger partial charge in [0, 0.05) is 6.54 Å². The molecule has 1 unspecified atom stereocenters. The fourth-order valence-corrected chi connectivity index (χ4v) is 3.22. The first-order valence-electron chi connectivity index (χ1n) is 5.47. The maximum absolute atomic E-state index is 12.3. The Morgan fingerprint density at radius 1 is 1.47 bits per heavy atom. The van der Waals surface area contributed by atoms with Gasteiger partial charge in [-0.25, -0.2) is 8.42 Å². The lowest BCUT2D eigenvalue weighted by Gasteiger charge is -2.37. The molecule has 1 aliphatic rings. The van der Waals surface area contributed by atoms with E-state index in [0.29, 0.717) is 6.61 Å². The van der Waals surface area contributed by atoms with E-state index in [9.17, 15) is 13.2 Å². The lowest BCUT2D eigenvalue weighted by molar-refractivity contribution is -0.139. The van der Waals surface area contributed by atoms with Gasteiger partial charge in [-0.15, -0.1) is 0 Å². The summed E-state index contributed by atoms with van der Waals surface area (Å²) in [4.78, 5) is 10.7. The van der Waals surface area contributed by atoms with Crippen molar-refractivity contribution in [3.63, 3.8) is 0 Å². The fourth-order valence-electron chi connectivity index (χ4n) is 1.67. The summed E-state index contributed by atoms with van der Waals surface area (Å²) < 4.78 is 30.0. The summed E-state index contributed by atoms with van der Waals surface area (Å²) in [7, 11) is -3.50. The van der Waals surface area contributed by atoms with Gasteiger partial charge < -0.3 is 9.84 Å². The van der Waals surface area contributed by atoms with Crippen molar-refractivity contribution < 1.29 is 23.1 Å². The average molecular weight is 265 g/mol. The third-order valence-electron chi connectivity index (χ3n) is 2.67. The second-order valence-electron chi connectivity index (χ2n) is 5.05. The van der Waals surface area contributed by atoms with Crippen molar-refractivity contribution in [2.45, 2.75) is 38.0 Å². The van der Waals surface area contributed by atoms with Crippen LogP contribution < -0.4 is 0 Å². The third-order valence-corrected chi connectivity index (χ3v) is 5.31. The minimum absolute atomic E-state index is 0.140. The van der Waals surface area contributed by atoms with Gasteiger partial charge in [0.25, 0.3) is 0 Å². The van der Waals surface area contributed by atoms with Gasteiger partial charge in [-0.2, -0.15) is 4.31 Å². The molecule has 0 radical (unpaired) electrons. The third kappa shape index (κ3) is 3.17. The molecule has 0 aliphatic carbocycles. The number of morpholine rings is 1. The molecule has 100 valence electrons. The van der Waals surface area contributed by atoms with Gasteiger partial charge in [-0.05, 0) is 20.8 Å². The van der Waals surface area contributed by atoms with E-state index < -0.39 is 26.8 Å². The first kappa shape index (κ1) is 14.4. The quantitative estimate of drug-likeness (QED) is 0.793. The summed E-state index contributed by atoms with van der Waals surface area (Å²) in [6, 6.07) is -0.606. The standard InChI is InChI=1S/C10H19NO5S/c1-10(2,3)17(14,15)11-4-5-16-7-8(11)6-9(12)13/h8H,4-7H2,1-3H3,(H,12,13). The summed E-state index contributed by atoms with van der Waals surface area (Å²) in [6.07, 6.45) is -0.227. The topological polar surface area (TPSA) is 83.9 Å². The largest absolute Gasteiger partial charge is 0.481 e. The van der Waals surface area contributed by atoms with Gasteiger partial charge in [0.15, 0.2) is 0 Å². The molecule has 0 bridgehead atoms. The molecule has 0 aromatic rings. The molecule has 0 amide bonds. The summed E-state index contributed by atoms with van der Waals surface area (Å²) in [6.45, 7) is 5.49. The van der Waals surface area contributed by atoms with E-state index in [-0.39, 0.29) is 19.6 Å². The highest BCUT2D eigenvalue weighted by atomic mass is 32.2. The first-order chi connectivity index (χ1) is 7.66. The molecule has 0 saturated carbocycles. The Morgan fingerprint density at radius 2 is 2.06 bits per heavy atom. The molecule has 0 aromatic carbocycles. The van der Waals surface area contributed by atoms with Crippen molar-refractivity contribution >= 4 is 16.0 Å². The molecule has 0 spiro atoms. The Morgan fingerprint density at radius 3 is 2.53 bits per heavy atom. The predicted octanol–water partition coefficient (Wildman–Crippen LogP) is 0.290. The SMILES string of the molecule is CC(C)(C)S(=O)(=O)N1CCOCC1CC(=O)O. The van der Waals surface area contributed by atoms with E-state index in [0.717, 1.165) is 0 Å². The van der Waals surface area contributed by atoms with E-state index in [1.165, 1.54) is 4.31 Å². The van der Waals surface area contributed by atoms with Crippen molar-refractivity contribution in [3.8, 4) is 0 Å². The van der Waals surface area contributed by atoms with Crippen LogP contribution in [-0.2, 0) is 19.6 Å². The van der Waals surface area contributed by atoms with Gasteiger partial charge in [0.2, 0.25) is 10.0 Å². The number of sulfonamides is 1. The number of carbonyl (C=O) groups is 1. The van der Waals surface area contributed by atoms with Gasteiger partial charge >= 0.3 is 5.97 Å². The number of rotatable bonds is 3. The monoisotopic (exact) mass is 265 g/mol. The molecular formula is C10H19NO5S. The fraction of sp³-hybridized carbons (Fsp3) is 0.900. The number of aliphatic carboxylic acids is 1. The molecule has 0 aromatic heterocycles. The Hall–Kier alpha value is -0.660. The van der Waals surface area contributed by atoms with Crippen LogP contribution in [0.1, 0.15) is 27.2 Å². The Balaban J connectivity index is 2.96. The van der Waals surface area contributed by atoms with Crippen LogP contribution in [0.3, 0.4) is 0 Å². The number of nitrogens with zero attached hydrogens (tertiary/aromatic N) is 1. The van der Waals surface area contributed by atoms with Crippen molar-refractivity contribution in [2.75, 3.05) is 19.8 Å². The van der Waals surface area contributed by atoms with Crippen LogP contribution in [0, 0.1) is 0 Å². The second-order valence-corrected chi connectivity index (χ2v) is 7.70. The van der Waals surface area contributed by atoms with Crippen molar-refractivity contribution in [1.29, 1.82) is 0 Å². The Kier molecular flexibility index (Phi) is 4.16. The predicted molar refractivity (Wildman–Crippen MR) is 62.2 cm³/mol. The van der Waals surface area contributed by atoms with Gasteiger partial charge in [0.1, 0.15) is 0 Å². The molecule has 1 rings (SSSR count). The normalized spacial score (nSPS) is 23.6. The summed E-state index contributed by atoms with van der Waals surface area (Å²) in [5.74, 6) is -1.02. The van der Waals surface area contributed by atoms with E-state index in [2.05, 4.69) is 0 Å². The molecule has 17 heavy (non-hydrogen) atoms. The summed E-state index contributed by atoms with van der Waals surface area (Å²) in [5, 5.41) is 8.77. The van der Waals surface area contributed by atoms with E-state index in [1.807, 2.05) is 0 Å². The minimum atomic E-state index is -3.50. The zero-order valence-corrected chi connectivity index (χ0v) is 11.2. The zero-order chi connectivity index (χ0) is 13.3. The van der Waals surface area contributed by atoms with Gasteiger partial charge in [0.05, 0.1) is 30.4 Å². The number of hydrogen-bond donors (Lipinski definition) is 1. The van der Waals surface area contributed by atoms with E-state index >= 15 is 0 Å². The molecule has 1 atom stereocenters. The minimum Gasteiger partial charge on any atom is -0.481 e. The number of carboxylic acid groups (broad SMARTS) is 1. The van der Waals surface area contributed by atoms with Crippen molar-refractivity contribution in [1.82, 2.24) is 4.31 Å². The maximum atomic E-state index is 12.3. The van der Waals surface area contributed by atoms with Crippen LogP contribution >= 0.6 is 0 Å². The highest BCUT2D eigenvalue weighted by Crippen LogP contribution is 2.25. The summed E-state index contributed by atoms with van der Waals surface area (Å²) >= 11 is 0. The number of hydrogen-bond acceptors (Lipinski definition) is 4. The van der Waals surface area contributed by atoms with Crippen molar-refractivity contribution in [2.24, 2.45) is 0 Å². The molecule has 6 nitrogen and oxygen atoms in total. The van der Waals surface area contributed by atoms with Crippen LogP contribution in [0.15, 0.2) is 0 Å². The molecule has 1 saturated heterocycles. The molecule has 1 heterocycles. The van der Waals surface area contributed by atoms with E-state index in [4.69, 9.17) is 9.84 Å². The molecule has 7 heteroatoms. The molecular weight excluding hydrogens is 246 g/mol. The smallest absolute Gasteiger partial charge is 0.305 e. The first-order valence-corrected chi connectivity index (χ1v) is 6.91. The maximum Gasteiger partial charge on any atom is 0.305 e. The van der Waals surface area contributed by atoms with E-state index in [1.54, 1.807) is 20.8 Å². The van der Waals surface area contributed by atoms with Crippen LogP contribution in [0.4, 0.5) is 0 Å². The highest BCUT2D eigenvalue weighted by molar-refractivity contribution is 7.90. The van der Waals surface area contributed by atoms with Gasteiger partial charge in [-0.3, -0.25) is 4.79 Å². The molecule has 1 N–H and O–H groups in total.